The van der Waals surface area contributed by atoms with E-state index in [2.05, 4.69) is 49.5 Å². The number of quaternary nitrogens is 1. The topological polar surface area (TPSA) is 131 Å². The normalized spacial score (nSPS) is 14.8. The van der Waals surface area contributed by atoms with Crippen LogP contribution in [-0.4, -0.2) is 81.2 Å². The average Bonchev–Trinajstić information content (AvgIpc) is 3.21. The highest BCUT2D eigenvalue weighted by Gasteiger charge is 2.21. The third kappa shape index (κ3) is 45.0. The molecule has 11 heteroatoms. The molecule has 10 nitrogen and oxygen atoms in total. The van der Waals surface area contributed by atoms with Gasteiger partial charge in [0.15, 0.2) is 6.10 Å². The Hall–Kier alpha value is -2.85. The Kier molecular flexibility index (Phi) is 39.3. The van der Waals surface area contributed by atoms with Gasteiger partial charge in [0.1, 0.15) is 19.8 Å². The van der Waals surface area contributed by atoms with E-state index in [0.717, 1.165) is 51.4 Å². The van der Waals surface area contributed by atoms with Crippen LogP contribution >= 0.6 is 7.82 Å². The first-order chi connectivity index (χ1) is 29.4. The zero-order chi connectivity index (χ0) is 45.1. The van der Waals surface area contributed by atoms with Crippen LogP contribution in [0.1, 0.15) is 162 Å². The van der Waals surface area contributed by atoms with Crippen LogP contribution < -0.4 is 4.89 Å². The maximum absolute atomic E-state index is 12.7. The molecule has 0 spiro atoms. The molecule has 0 amide bonds. The van der Waals surface area contributed by atoms with Crippen molar-refractivity contribution < 1.29 is 47.2 Å². The predicted molar refractivity (Wildman–Crippen MR) is 251 cm³/mol. The quantitative estimate of drug-likeness (QED) is 0.0159. The smallest absolute Gasteiger partial charge is 0.306 e. The lowest BCUT2D eigenvalue weighted by Gasteiger charge is -2.28. The highest BCUT2D eigenvalue weighted by molar-refractivity contribution is 7.45. The van der Waals surface area contributed by atoms with Crippen molar-refractivity contribution in [3.05, 3.63) is 85.1 Å². The molecule has 61 heavy (non-hydrogen) atoms. The van der Waals surface area contributed by atoms with E-state index in [1.54, 1.807) is 0 Å². The van der Waals surface area contributed by atoms with E-state index < -0.39 is 38.6 Å². The summed E-state index contributed by atoms with van der Waals surface area (Å²) in [6.07, 6.45) is 49.5. The van der Waals surface area contributed by atoms with Gasteiger partial charge in [-0.25, -0.2) is 0 Å². The molecule has 0 fully saturated rings. The van der Waals surface area contributed by atoms with Crippen LogP contribution in [0.3, 0.4) is 0 Å². The number of carbonyl (C=O) groups excluding carboxylic acids is 2. The van der Waals surface area contributed by atoms with Gasteiger partial charge in [0.25, 0.3) is 7.82 Å². The number of likely N-dealkylation sites (N-methyl/N-ethyl adjacent to an activating group) is 1. The number of hydrogen-bond acceptors (Lipinski definition) is 9. The van der Waals surface area contributed by atoms with E-state index in [1.807, 2.05) is 70.6 Å². The van der Waals surface area contributed by atoms with Crippen LogP contribution in [0, 0.1) is 0 Å². The summed E-state index contributed by atoms with van der Waals surface area (Å²) >= 11 is 0. The summed E-state index contributed by atoms with van der Waals surface area (Å²) in [5.74, 6) is -0.938. The second-order valence-electron chi connectivity index (χ2n) is 16.6. The number of esters is 2. The number of aliphatic hydroxyl groups is 1. The molecule has 0 radical (unpaired) electrons. The summed E-state index contributed by atoms with van der Waals surface area (Å²) < 4.78 is 33.9. The van der Waals surface area contributed by atoms with Gasteiger partial charge in [-0.3, -0.25) is 14.2 Å². The fourth-order valence-electron chi connectivity index (χ4n) is 5.80. The van der Waals surface area contributed by atoms with Gasteiger partial charge < -0.3 is 33.0 Å². The Labute approximate surface area is 372 Å². The molecule has 0 aromatic heterocycles. The van der Waals surface area contributed by atoms with Crippen molar-refractivity contribution in [1.29, 1.82) is 0 Å². The number of phosphoric acid groups is 1. The molecule has 2 unspecified atom stereocenters. The monoisotopic (exact) mass is 876 g/mol. The second kappa shape index (κ2) is 41.2. The third-order valence-electron chi connectivity index (χ3n) is 9.47. The Balaban J connectivity index is 4.45. The second-order valence-corrected chi connectivity index (χ2v) is 18.0. The molecule has 0 aromatic carbocycles. The molecule has 1 N–H and O–H groups in total. The van der Waals surface area contributed by atoms with E-state index in [9.17, 15) is 24.2 Å². The third-order valence-corrected chi connectivity index (χ3v) is 10.4. The van der Waals surface area contributed by atoms with Gasteiger partial charge in [0.2, 0.25) is 0 Å². The van der Waals surface area contributed by atoms with Gasteiger partial charge in [0, 0.05) is 12.8 Å². The van der Waals surface area contributed by atoms with Gasteiger partial charge in [-0.05, 0) is 77.0 Å². The van der Waals surface area contributed by atoms with Crippen molar-refractivity contribution in [2.24, 2.45) is 0 Å². The first-order valence-electron chi connectivity index (χ1n) is 23.4. The molecule has 350 valence electrons. The molecular weight excluding hydrogens is 790 g/mol. The largest absolute Gasteiger partial charge is 0.756 e. The summed E-state index contributed by atoms with van der Waals surface area (Å²) in [6.45, 7) is 3.87. The van der Waals surface area contributed by atoms with Gasteiger partial charge >= 0.3 is 11.9 Å². The molecule has 0 aliphatic carbocycles. The summed E-state index contributed by atoms with van der Waals surface area (Å²) in [5, 5.41) is 9.78. The zero-order valence-electron chi connectivity index (χ0n) is 38.9. The Morgan fingerprint density at radius 3 is 1.75 bits per heavy atom. The van der Waals surface area contributed by atoms with Crippen LogP contribution in [0.25, 0.3) is 0 Å². The van der Waals surface area contributed by atoms with E-state index in [1.165, 1.54) is 57.8 Å². The van der Waals surface area contributed by atoms with Gasteiger partial charge in [-0.15, -0.1) is 0 Å². The minimum absolute atomic E-state index is 0.0520. The van der Waals surface area contributed by atoms with Crippen molar-refractivity contribution in [3.63, 3.8) is 0 Å². The van der Waals surface area contributed by atoms with Crippen LogP contribution in [0.15, 0.2) is 85.1 Å². The maximum atomic E-state index is 12.7. The van der Waals surface area contributed by atoms with Crippen LogP contribution in [0.4, 0.5) is 0 Å². The van der Waals surface area contributed by atoms with Gasteiger partial charge in [-0.1, -0.05) is 157 Å². The first kappa shape index (κ1) is 58.1. The Morgan fingerprint density at radius 1 is 0.623 bits per heavy atom. The fraction of sp³-hybridized carbons (Fsp3) is 0.680. The minimum Gasteiger partial charge on any atom is -0.756 e. The standard InChI is InChI=1S/C50H86NO9P/c1-6-8-10-11-12-13-14-15-16-17-18-19-20-21-26-29-32-35-38-42-50(54)60-48(46-59-61(55,56)58-44-43-51(3,4)5)45-57-49(53)41-37-34-31-28-25-23-22-24-27-30-33-36-40-47(52)39-9-7-2/h9,12-13,15-16,22-23,27-28,30-31,33,36,39,47-48,52H,6-8,10-11,14,17-21,24-26,29,32,34-35,37-38,40-46H2,1-5H3/b13-12-,16-15-,23-22-,30-27-,31-28-,36-33+,39-9-/t47?,48-/m1/s1. The SMILES string of the molecule is CC/C=C\C(O)C/C=C/C=C\C/C=C\C/C=C\CCCC(=O)OC[C@H](COP(=O)([O-])OCC[N+](C)(C)C)OC(=O)CCCCCCCCCCC/C=C\C/C=C\CCCCC. The number of nitrogens with zero attached hydrogens (tertiary/aromatic N) is 1. The summed E-state index contributed by atoms with van der Waals surface area (Å²) in [5.41, 5.74) is 0. The molecule has 0 saturated carbocycles. The number of rotatable bonds is 41. The van der Waals surface area contributed by atoms with Crippen LogP contribution in [0.5, 0.6) is 0 Å². The Morgan fingerprint density at radius 2 is 1.15 bits per heavy atom. The molecule has 0 aromatic rings. The lowest BCUT2D eigenvalue weighted by molar-refractivity contribution is -0.870. The lowest BCUT2D eigenvalue weighted by atomic mass is 10.1. The highest BCUT2D eigenvalue weighted by atomic mass is 31.2. The number of carbonyl (C=O) groups is 2. The van der Waals surface area contributed by atoms with Gasteiger partial charge in [-0.2, -0.15) is 0 Å². The number of hydrogen-bond donors (Lipinski definition) is 1. The number of allylic oxidation sites excluding steroid dienone is 12. The predicted octanol–water partition coefficient (Wildman–Crippen LogP) is 11.9. The maximum Gasteiger partial charge on any atom is 0.306 e. The van der Waals surface area contributed by atoms with Crippen molar-refractivity contribution in [3.8, 4) is 0 Å². The van der Waals surface area contributed by atoms with Crippen LogP contribution in [-0.2, 0) is 32.7 Å². The number of phosphoric ester groups is 1. The number of unbranched alkanes of at least 4 members (excludes halogenated alkanes) is 13. The van der Waals surface area contributed by atoms with E-state index in [0.29, 0.717) is 36.7 Å². The van der Waals surface area contributed by atoms with E-state index in [4.69, 9.17) is 18.5 Å². The number of ether oxygens (including phenoxy) is 2. The zero-order valence-corrected chi connectivity index (χ0v) is 39.8. The number of aliphatic hydroxyl groups excluding tert-OH is 1. The van der Waals surface area contributed by atoms with E-state index >= 15 is 0 Å². The minimum atomic E-state index is -4.66. The molecule has 0 rings (SSSR count). The van der Waals surface area contributed by atoms with Crippen LogP contribution in [0.2, 0.25) is 0 Å². The Bertz CT molecular complexity index is 1330. The highest BCUT2D eigenvalue weighted by Crippen LogP contribution is 2.38. The summed E-state index contributed by atoms with van der Waals surface area (Å²) in [4.78, 5) is 37.6. The molecule has 0 aliphatic rings. The lowest BCUT2D eigenvalue weighted by Crippen LogP contribution is -2.37. The summed E-state index contributed by atoms with van der Waals surface area (Å²) in [6, 6.07) is 0. The van der Waals surface area contributed by atoms with Crippen molar-refractivity contribution in [2.75, 3.05) is 47.5 Å². The molecule has 3 atom stereocenters. The van der Waals surface area contributed by atoms with E-state index in [-0.39, 0.29) is 26.1 Å². The molecule has 0 heterocycles. The van der Waals surface area contributed by atoms with Crippen molar-refractivity contribution >= 4 is 19.8 Å². The van der Waals surface area contributed by atoms with Crippen molar-refractivity contribution in [1.82, 2.24) is 0 Å². The molecule has 0 bridgehead atoms. The fourth-order valence-corrected chi connectivity index (χ4v) is 6.53. The molecule has 0 aliphatic heterocycles. The molecule has 0 saturated heterocycles. The average molecular weight is 876 g/mol. The summed E-state index contributed by atoms with van der Waals surface area (Å²) in [7, 11) is 1.09. The first-order valence-corrected chi connectivity index (χ1v) is 24.9. The molecular formula is C50H86NO9P. The van der Waals surface area contributed by atoms with Gasteiger partial charge in [0.05, 0.1) is 33.9 Å². The van der Waals surface area contributed by atoms with Crippen molar-refractivity contribution in [2.45, 2.75) is 174 Å².